The van der Waals surface area contributed by atoms with Gasteiger partial charge in [0.05, 0.1) is 48.8 Å². The number of anilines is 2. The van der Waals surface area contributed by atoms with Crippen LogP contribution in [0.4, 0.5) is 15.8 Å². The zero-order valence-electron chi connectivity index (χ0n) is 29.4. The fourth-order valence-corrected chi connectivity index (χ4v) is 7.37. The lowest BCUT2D eigenvalue weighted by molar-refractivity contribution is -0.131. The van der Waals surface area contributed by atoms with E-state index in [1.807, 2.05) is 6.07 Å². The standard InChI is InChI=1S/C37H38FN9O7/c1-53-31-15-28-22(13-29(31)41-34(49)27-16-40-46-10-2-9-39-33(27)46)17-45(43-28)18-23(38)20-54-19-21-7-11-44(12-8-21)24-3-4-25-26(14-24)37(52)47(36(25)51)30-5-6-32(48)42-35(30)50/h2-4,9-10,13-17,21,23,30,32,48H,5-8,11-12,18-20H2,1H3,(H,41,49)(H,42,50)/t23-,30?,32?/m1/s1. The molecule has 3 atom stereocenters. The number of hydrogen-bond acceptors (Lipinski definition) is 11. The number of fused-ring (bicyclic) bond motifs is 3. The quantitative estimate of drug-likeness (QED) is 0.169. The van der Waals surface area contributed by atoms with Gasteiger partial charge in [0, 0.05) is 55.4 Å². The van der Waals surface area contributed by atoms with E-state index in [9.17, 15) is 24.3 Å². The van der Waals surface area contributed by atoms with E-state index in [-0.39, 0.29) is 43.0 Å². The van der Waals surface area contributed by atoms with Gasteiger partial charge in [-0.15, -0.1) is 0 Å². The Morgan fingerprint density at radius 1 is 1.09 bits per heavy atom. The third-order valence-corrected chi connectivity index (χ3v) is 10.2. The number of carbonyl (C=O) groups excluding carboxylic acids is 4. The van der Waals surface area contributed by atoms with Crippen LogP contribution in [0.15, 0.2) is 61.2 Å². The van der Waals surface area contributed by atoms with Gasteiger partial charge in [-0.25, -0.2) is 13.9 Å². The molecule has 6 heterocycles. The highest BCUT2D eigenvalue weighted by Crippen LogP contribution is 2.33. The monoisotopic (exact) mass is 739 g/mol. The van der Waals surface area contributed by atoms with E-state index < -0.39 is 42.1 Å². The Labute approximate surface area is 307 Å². The van der Waals surface area contributed by atoms with Crippen molar-refractivity contribution >= 4 is 51.6 Å². The van der Waals surface area contributed by atoms with Gasteiger partial charge in [0.15, 0.2) is 5.65 Å². The zero-order chi connectivity index (χ0) is 37.5. The molecule has 17 heteroatoms. The fraction of sp³-hybridized carbons (Fsp3) is 0.378. The van der Waals surface area contributed by atoms with Crippen LogP contribution in [-0.2, 0) is 16.1 Å². The van der Waals surface area contributed by atoms with Crippen molar-refractivity contribution in [2.24, 2.45) is 5.92 Å². The predicted octanol–water partition coefficient (Wildman–Crippen LogP) is 2.80. The number of benzene rings is 2. The number of piperidine rings is 2. The summed E-state index contributed by atoms with van der Waals surface area (Å²) in [5.74, 6) is -1.33. The van der Waals surface area contributed by atoms with Gasteiger partial charge in [-0.3, -0.25) is 28.8 Å². The molecule has 0 radical (unpaired) electrons. The van der Waals surface area contributed by atoms with E-state index in [1.54, 1.807) is 48.9 Å². The maximum Gasteiger partial charge on any atom is 0.262 e. The topological polar surface area (TPSA) is 186 Å². The number of alkyl halides is 1. The molecule has 0 spiro atoms. The normalized spacial score (nSPS) is 19.7. The number of imide groups is 1. The van der Waals surface area contributed by atoms with Crippen molar-refractivity contribution in [1.29, 1.82) is 0 Å². The Morgan fingerprint density at radius 2 is 1.91 bits per heavy atom. The second kappa shape index (κ2) is 14.5. The summed E-state index contributed by atoms with van der Waals surface area (Å²) in [5, 5.41) is 24.3. The summed E-state index contributed by atoms with van der Waals surface area (Å²) in [6.45, 7) is 1.69. The van der Waals surface area contributed by atoms with Gasteiger partial charge in [0.25, 0.3) is 17.7 Å². The molecule has 0 bridgehead atoms. The number of carbonyl (C=O) groups is 4. The van der Waals surface area contributed by atoms with Gasteiger partial charge in [0.2, 0.25) is 5.91 Å². The highest BCUT2D eigenvalue weighted by molar-refractivity contribution is 6.23. The molecule has 2 saturated heterocycles. The van der Waals surface area contributed by atoms with Crippen LogP contribution in [0.2, 0.25) is 0 Å². The molecule has 4 amide bonds. The molecule has 2 fully saturated rings. The Hall–Kier alpha value is -5.94. The molecule has 5 aromatic rings. The van der Waals surface area contributed by atoms with Crippen LogP contribution < -0.4 is 20.3 Å². The second-order valence-electron chi connectivity index (χ2n) is 13.8. The molecule has 16 nitrogen and oxygen atoms in total. The number of nitrogens with one attached hydrogen (secondary N) is 2. The van der Waals surface area contributed by atoms with Crippen LogP contribution in [0.25, 0.3) is 16.6 Å². The van der Waals surface area contributed by atoms with Gasteiger partial charge < -0.3 is 30.1 Å². The summed E-state index contributed by atoms with van der Waals surface area (Å²) in [4.78, 5) is 59.2. The minimum Gasteiger partial charge on any atom is -0.494 e. The molecule has 54 heavy (non-hydrogen) atoms. The lowest BCUT2D eigenvalue weighted by Gasteiger charge is -2.33. The highest BCUT2D eigenvalue weighted by atomic mass is 19.1. The summed E-state index contributed by atoms with van der Waals surface area (Å²) in [5.41, 5.74) is 3.07. The highest BCUT2D eigenvalue weighted by Gasteiger charge is 2.44. The molecule has 3 aliphatic heterocycles. The zero-order valence-corrected chi connectivity index (χ0v) is 29.4. The fourth-order valence-electron chi connectivity index (χ4n) is 7.37. The molecule has 3 N–H and O–H groups in total. The maximum absolute atomic E-state index is 15.1. The van der Waals surface area contributed by atoms with E-state index in [0.717, 1.165) is 23.4 Å². The average Bonchev–Trinajstić information content (AvgIpc) is 3.85. The number of hydrogen-bond donors (Lipinski definition) is 3. The van der Waals surface area contributed by atoms with Gasteiger partial charge in [0.1, 0.15) is 29.8 Å². The number of aliphatic hydroxyl groups is 1. The number of ether oxygens (including phenoxy) is 2. The van der Waals surface area contributed by atoms with E-state index in [0.29, 0.717) is 53.2 Å². The first-order chi connectivity index (χ1) is 26.2. The number of nitrogens with zero attached hydrogens (tertiary/aromatic N) is 7. The van der Waals surface area contributed by atoms with Crippen LogP contribution >= 0.6 is 0 Å². The van der Waals surface area contributed by atoms with E-state index in [1.165, 1.54) is 22.5 Å². The Balaban J connectivity index is 0.819. The van der Waals surface area contributed by atoms with Crippen LogP contribution in [0.3, 0.4) is 0 Å². The van der Waals surface area contributed by atoms with E-state index in [2.05, 4.69) is 30.7 Å². The van der Waals surface area contributed by atoms with Crippen molar-refractivity contribution in [2.45, 2.75) is 50.7 Å². The first kappa shape index (κ1) is 35.1. The predicted molar refractivity (Wildman–Crippen MR) is 192 cm³/mol. The molecule has 0 aliphatic carbocycles. The molecule has 3 aromatic heterocycles. The second-order valence-corrected chi connectivity index (χ2v) is 13.8. The van der Waals surface area contributed by atoms with Crippen molar-refractivity contribution in [3.8, 4) is 5.75 Å². The lowest BCUT2D eigenvalue weighted by Crippen LogP contribution is -2.55. The maximum atomic E-state index is 15.1. The lowest BCUT2D eigenvalue weighted by atomic mass is 9.97. The minimum absolute atomic E-state index is 0.0183. The van der Waals surface area contributed by atoms with Crippen LogP contribution in [0.5, 0.6) is 5.75 Å². The Kier molecular flexibility index (Phi) is 9.41. The molecule has 8 rings (SSSR count). The molecule has 2 aromatic carbocycles. The van der Waals surface area contributed by atoms with Gasteiger partial charge in [-0.2, -0.15) is 10.2 Å². The van der Waals surface area contributed by atoms with Crippen LogP contribution in [-0.4, -0.2) is 110 Å². The van der Waals surface area contributed by atoms with Crippen LogP contribution in [0, 0.1) is 5.92 Å². The van der Waals surface area contributed by atoms with Gasteiger partial charge in [-0.1, -0.05) is 0 Å². The molecule has 2 unspecified atom stereocenters. The minimum atomic E-state index is -1.31. The number of amides is 4. The van der Waals surface area contributed by atoms with E-state index >= 15 is 4.39 Å². The van der Waals surface area contributed by atoms with Crippen molar-refractivity contribution in [3.05, 3.63) is 77.9 Å². The smallest absolute Gasteiger partial charge is 0.262 e. The summed E-state index contributed by atoms with van der Waals surface area (Å²) in [6, 6.07) is 9.34. The first-order valence-electron chi connectivity index (χ1n) is 17.8. The van der Waals surface area contributed by atoms with Crippen molar-refractivity contribution in [1.82, 2.24) is 34.6 Å². The number of aliphatic hydroxyl groups excluding tert-OH is 1. The number of aromatic nitrogens is 5. The largest absolute Gasteiger partial charge is 0.494 e. The molecular formula is C37H38FN9O7. The SMILES string of the molecule is COc1cc2nn(C[C@@H](F)COCC3CCN(c4ccc5c(c4)C(=O)N(C4CCC(O)NC4=O)C5=O)CC3)cc2cc1NC(=O)c1cnn2cccnc12. The summed E-state index contributed by atoms with van der Waals surface area (Å²) in [7, 11) is 1.49. The summed E-state index contributed by atoms with van der Waals surface area (Å²) < 4.78 is 29.4. The third kappa shape index (κ3) is 6.71. The summed E-state index contributed by atoms with van der Waals surface area (Å²) >= 11 is 0. The molecule has 3 aliphatic rings. The Morgan fingerprint density at radius 3 is 2.70 bits per heavy atom. The van der Waals surface area contributed by atoms with Crippen LogP contribution in [0.1, 0.15) is 56.8 Å². The number of halogens is 1. The van der Waals surface area contributed by atoms with E-state index in [4.69, 9.17) is 9.47 Å². The Bertz CT molecular complexity index is 2270. The first-order valence-corrected chi connectivity index (χ1v) is 17.8. The molecule has 0 saturated carbocycles. The van der Waals surface area contributed by atoms with Gasteiger partial charge >= 0.3 is 0 Å². The third-order valence-electron chi connectivity index (χ3n) is 10.2. The average molecular weight is 740 g/mol. The molecular weight excluding hydrogens is 701 g/mol. The summed E-state index contributed by atoms with van der Waals surface area (Å²) in [6.07, 6.45) is 6.22. The molecule has 280 valence electrons. The van der Waals surface area contributed by atoms with Crippen molar-refractivity contribution in [2.75, 3.05) is 43.6 Å². The number of rotatable bonds is 11. The van der Waals surface area contributed by atoms with Gasteiger partial charge in [-0.05, 0) is 61.9 Å². The number of methoxy groups -OCH3 is 1. The van der Waals surface area contributed by atoms with Crippen molar-refractivity contribution in [3.63, 3.8) is 0 Å². The van der Waals surface area contributed by atoms with Crippen molar-refractivity contribution < 1.29 is 38.1 Å².